The number of anilines is 2. The monoisotopic (exact) mass is 388 g/mol. The average Bonchev–Trinajstić information content (AvgIpc) is 2.91. The van der Waals surface area contributed by atoms with E-state index in [0.717, 1.165) is 16.7 Å². The van der Waals surface area contributed by atoms with Gasteiger partial charge in [0.05, 0.1) is 34.9 Å². The second kappa shape index (κ2) is 8.08. The van der Waals surface area contributed by atoms with E-state index in [9.17, 15) is 14.4 Å². The van der Waals surface area contributed by atoms with Crippen LogP contribution in [0.5, 0.6) is 0 Å². The lowest BCUT2D eigenvalue weighted by Gasteiger charge is -2.34. The number of piperidine rings is 1. The Bertz CT molecular complexity index is 951. The normalized spacial score (nSPS) is 15.1. The summed E-state index contributed by atoms with van der Waals surface area (Å²) in [5.41, 5.74) is 3.03. The number of ether oxygens (including phenoxy) is 1. The van der Waals surface area contributed by atoms with Gasteiger partial charge in [-0.25, -0.2) is 4.79 Å². The number of nitrogens with zero attached hydrogens (tertiary/aromatic N) is 3. The van der Waals surface area contributed by atoms with Crippen LogP contribution in [0.3, 0.4) is 0 Å². The minimum atomic E-state index is -0.137. The number of benzene rings is 1. The van der Waals surface area contributed by atoms with Gasteiger partial charge in [-0.1, -0.05) is 6.92 Å². The summed E-state index contributed by atoms with van der Waals surface area (Å²) in [6.07, 6.45) is 1.77. The second-order valence-corrected chi connectivity index (χ2v) is 7.17. The zero-order valence-corrected chi connectivity index (χ0v) is 16.9. The summed E-state index contributed by atoms with van der Waals surface area (Å²) in [5, 5.41) is 2.96. The van der Waals surface area contributed by atoms with Crippen molar-refractivity contribution in [3.8, 4) is 0 Å². The summed E-state index contributed by atoms with van der Waals surface area (Å²) in [6.45, 7) is 5.38. The quantitative estimate of drug-likeness (QED) is 0.792. The van der Waals surface area contributed by atoms with Crippen LogP contribution in [0.1, 0.15) is 33.1 Å². The van der Waals surface area contributed by atoms with Crippen LogP contribution in [0.15, 0.2) is 16.9 Å². The molecule has 1 fully saturated rings. The third kappa shape index (κ3) is 3.63. The molecule has 1 aliphatic heterocycles. The number of nitrogens with one attached hydrogen (secondary N) is 1. The van der Waals surface area contributed by atoms with E-state index in [1.807, 2.05) is 19.1 Å². The highest BCUT2D eigenvalue weighted by molar-refractivity contribution is 5.98. The number of esters is 1. The van der Waals surface area contributed by atoms with Crippen molar-refractivity contribution in [1.82, 2.24) is 9.13 Å². The zero-order valence-electron chi connectivity index (χ0n) is 16.9. The fourth-order valence-corrected chi connectivity index (χ4v) is 3.75. The van der Waals surface area contributed by atoms with E-state index in [-0.39, 0.29) is 23.5 Å². The standard InChI is InChI=1S/C20H28N4O4/c1-5-18(25)21-14-11-16-17(23(4)20(27)22(16)3)12-15(14)24-9-7-13(8-10-24)19(26)28-6-2/h11-13H,5-10H2,1-4H3,(H,21,25). The number of imidazole rings is 1. The Kier molecular flexibility index (Phi) is 5.76. The van der Waals surface area contributed by atoms with Crippen molar-refractivity contribution in [2.24, 2.45) is 20.0 Å². The van der Waals surface area contributed by atoms with E-state index in [4.69, 9.17) is 4.74 Å². The highest BCUT2D eigenvalue weighted by atomic mass is 16.5. The molecule has 0 aliphatic carbocycles. The Balaban J connectivity index is 1.96. The molecule has 1 aliphatic rings. The van der Waals surface area contributed by atoms with Gasteiger partial charge >= 0.3 is 11.7 Å². The van der Waals surface area contributed by atoms with E-state index in [0.29, 0.717) is 44.6 Å². The molecule has 0 saturated carbocycles. The van der Waals surface area contributed by atoms with Crippen LogP contribution in [0.25, 0.3) is 11.0 Å². The Labute approximate surface area is 164 Å². The highest BCUT2D eigenvalue weighted by Crippen LogP contribution is 2.34. The van der Waals surface area contributed by atoms with Gasteiger partial charge in [0.25, 0.3) is 0 Å². The van der Waals surface area contributed by atoms with Crippen molar-refractivity contribution in [2.45, 2.75) is 33.1 Å². The fourth-order valence-electron chi connectivity index (χ4n) is 3.75. The molecule has 0 atom stereocenters. The molecule has 0 spiro atoms. The molecule has 152 valence electrons. The Morgan fingerprint density at radius 2 is 1.71 bits per heavy atom. The third-order valence-electron chi connectivity index (χ3n) is 5.44. The van der Waals surface area contributed by atoms with Gasteiger partial charge in [-0.2, -0.15) is 0 Å². The van der Waals surface area contributed by atoms with Gasteiger partial charge in [-0.15, -0.1) is 0 Å². The summed E-state index contributed by atoms with van der Waals surface area (Å²) in [4.78, 5) is 38.6. The van der Waals surface area contributed by atoms with Gasteiger partial charge in [0, 0.05) is 33.6 Å². The molecule has 1 aromatic heterocycles. The number of hydrogen-bond acceptors (Lipinski definition) is 5. The predicted octanol–water partition coefficient (Wildman–Crippen LogP) is 2.00. The average molecular weight is 388 g/mol. The number of carbonyl (C=O) groups excluding carboxylic acids is 2. The first-order valence-electron chi connectivity index (χ1n) is 9.78. The van der Waals surface area contributed by atoms with Gasteiger partial charge in [0.1, 0.15) is 0 Å². The molecule has 1 saturated heterocycles. The third-order valence-corrected chi connectivity index (χ3v) is 5.44. The number of rotatable bonds is 5. The van der Waals surface area contributed by atoms with Crippen molar-refractivity contribution in [2.75, 3.05) is 29.9 Å². The first-order chi connectivity index (χ1) is 13.4. The van der Waals surface area contributed by atoms with E-state index in [1.165, 1.54) is 0 Å². The van der Waals surface area contributed by atoms with Crippen LogP contribution in [0.4, 0.5) is 11.4 Å². The number of aryl methyl sites for hydroxylation is 2. The molecule has 0 radical (unpaired) electrons. The molecule has 3 rings (SSSR count). The van der Waals surface area contributed by atoms with Crippen LogP contribution in [-0.2, 0) is 28.4 Å². The molecule has 0 bridgehead atoms. The highest BCUT2D eigenvalue weighted by Gasteiger charge is 2.28. The topological polar surface area (TPSA) is 85.6 Å². The minimum Gasteiger partial charge on any atom is -0.466 e. The Morgan fingerprint density at radius 3 is 2.29 bits per heavy atom. The summed E-state index contributed by atoms with van der Waals surface area (Å²) in [6, 6.07) is 3.81. The number of amides is 1. The van der Waals surface area contributed by atoms with Gasteiger partial charge in [0.2, 0.25) is 5.91 Å². The molecule has 1 amide bonds. The smallest absolute Gasteiger partial charge is 0.328 e. The first-order valence-corrected chi connectivity index (χ1v) is 9.78. The summed E-state index contributed by atoms with van der Waals surface area (Å²) in [5.74, 6) is -0.305. The van der Waals surface area contributed by atoms with Crippen molar-refractivity contribution in [3.05, 3.63) is 22.6 Å². The largest absolute Gasteiger partial charge is 0.466 e. The Morgan fingerprint density at radius 1 is 1.11 bits per heavy atom. The molecular formula is C20H28N4O4. The second-order valence-electron chi connectivity index (χ2n) is 7.17. The van der Waals surface area contributed by atoms with Crippen LogP contribution < -0.4 is 15.9 Å². The van der Waals surface area contributed by atoms with Crippen molar-refractivity contribution in [3.63, 3.8) is 0 Å². The molecule has 2 aromatic rings. The van der Waals surface area contributed by atoms with E-state index in [1.54, 1.807) is 30.2 Å². The lowest BCUT2D eigenvalue weighted by molar-refractivity contribution is -0.148. The molecule has 8 heteroatoms. The van der Waals surface area contributed by atoms with Crippen LogP contribution in [-0.4, -0.2) is 40.7 Å². The molecule has 0 unspecified atom stereocenters. The first kappa shape index (κ1) is 20.0. The summed E-state index contributed by atoms with van der Waals surface area (Å²) >= 11 is 0. The van der Waals surface area contributed by atoms with Gasteiger partial charge in [-0.05, 0) is 31.9 Å². The van der Waals surface area contributed by atoms with Crippen LogP contribution in [0, 0.1) is 5.92 Å². The predicted molar refractivity (Wildman–Crippen MR) is 109 cm³/mol. The molecule has 1 N–H and O–H groups in total. The summed E-state index contributed by atoms with van der Waals surface area (Å²) in [7, 11) is 3.46. The van der Waals surface area contributed by atoms with Crippen molar-refractivity contribution < 1.29 is 14.3 Å². The van der Waals surface area contributed by atoms with Crippen molar-refractivity contribution >= 4 is 34.3 Å². The summed E-state index contributed by atoms with van der Waals surface area (Å²) < 4.78 is 8.33. The van der Waals surface area contributed by atoms with E-state index < -0.39 is 0 Å². The molecule has 1 aromatic carbocycles. The SMILES string of the molecule is CCOC(=O)C1CCN(c2cc3c(cc2NC(=O)CC)n(C)c(=O)n3C)CC1. The van der Waals surface area contributed by atoms with Gasteiger partial charge in [-0.3, -0.25) is 18.7 Å². The lowest BCUT2D eigenvalue weighted by atomic mass is 9.96. The zero-order chi connectivity index (χ0) is 20.4. The maximum Gasteiger partial charge on any atom is 0.328 e. The van der Waals surface area contributed by atoms with Gasteiger partial charge < -0.3 is 15.0 Å². The van der Waals surface area contributed by atoms with Crippen LogP contribution in [0.2, 0.25) is 0 Å². The van der Waals surface area contributed by atoms with Crippen molar-refractivity contribution in [1.29, 1.82) is 0 Å². The number of carbonyl (C=O) groups is 2. The fraction of sp³-hybridized carbons (Fsp3) is 0.550. The molecule has 2 heterocycles. The lowest BCUT2D eigenvalue weighted by Crippen LogP contribution is -2.37. The number of aromatic nitrogens is 2. The van der Waals surface area contributed by atoms with Crippen LogP contribution >= 0.6 is 0 Å². The minimum absolute atomic E-state index is 0.0806. The maximum absolute atomic E-state index is 12.3. The van der Waals surface area contributed by atoms with Gasteiger partial charge in [0.15, 0.2) is 0 Å². The number of hydrogen-bond donors (Lipinski definition) is 1. The number of fused-ring (bicyclic) bond motifs is 1. The molecular weight excluding hydrogens is 360 g/mol. The van der Waals surface area contributed by atoms with E-state index in [2.05, 4.69) is 10.2 Å². The van der Waals surface area contributed by atoms with E-state index >= 15 is 0 Å². The molecule has 8 nitrogen and oxygen atoms in total. The maximum atomic E-state index is 12.3. The molecule has 28 heavy (non-hydrogen) atoms. The Hall–Kier alpha value is -2.77.